The predicted octanol–water partition coefficient (Wildman–Crippen LogP) is 1.39. The summed E-state index contributed by atoms with van der Waals surface area (Å²) in [7, 11) is 0. The predicted molar refractivity (Wildman–Crippen MR) is 107 cm³/mol. The molecule has 168 valence electrons. The van der Waals surface area contributed by atoms with Crippen LogP contribution in [0.3, 0.4) is 0 Å². The number of carbonyl (C=O) groups excluding carboxylic acids is 3. The first-order chi connectivity index (χ1) is 14.8. The molecule has 4 atom stereocenters. The van der Waals surface area contributed by atoms with Crippen LogP contribution in [-0.4, -0.2) is 69.0 Å². The summed E-state index contributed by atoms with van der Waals surface area (Å²) in [6.07, 6.45) is 0.0839. The van der Waals surface area contributed by atoms with Crippen LogP contribution in [0, 0.1) is 4.64 Å². The fraction of sp³-hybridized carbons (Fsp3) is 0.556. The molecule has 1 aliphatic heterocycles. The number of rotatable bonds is 6. The highest BCUT2D eigenvalue weighted by Crippen LogP contribution is 2.32. The summed E-state index contributed by atoms with van der Waals surface area (Å²) in [4.78, 5) is 46.5. The second-order valence-corrected chi connectivity index (χ2v) is 7.16. The SMILES string of the molecule is CCOC(=O)N[C@@H]1C[C@H](n2cnc3c(=S)nc[nH]c32)O[C@H](COC(C)=O)[C@H]1OC(C)=O. The molecule has 0 aromatic carbocycles. The number of fused-ring (bicyclic) bond motifs is 1. The molecule has 3 rings (SSSR count). The van der Waals surface area contributed by atoms with Crippen molar-refractivity contribution in [1.29, 1.82) is 0 Å². The topological polar surface area (TPSA) is 147 Å². The van der Waals surface area contributed by atoms with Crippen LogP contribution in [-0.2, 0) is 28.5 Å². The third-order valence-corrected chi connectivity index (χ3v) is 4.87. The summed E-state index contributed by atoms with van der Waals surface area (Å²) in [6, 6.07) is -0.690. The van der Waals surface area contributed by atoms with Gasteiger partial charge in [0, 0.05) is 20.3 Å². The van der Waals surface area contributed by atoms with Crippen LogP contribution in [0.5, 0.6) is 0 Å². The zero-order valence-electron chi connectivity index (χ0n) is 17.2. The lowest BCUT2D eigenvalue weighted by molar-refractivity contribution is -0.198. The smallest absolute Gasteiger partial charge is 0.407 e. The molecule has 1 aliphatic rings. The molecule has 1 amide bonds. The first-order valence-electron chi connectivity index (χ1n) is 9.59. The zero-order chi connectivity index (χ0) is 22.5. The average Bonchev–Trinajstić information content (AvgIpc) is 3.13. The van der Waals surface area contributed by atoms with E-state index in [9.17, 15) is 14.4 Å². The number of aromatic amines is 1. The fourth-order valence-corrected chi connectivity index (χ4v) is 3.57. The van der Waals surface area contributed by atoms with E-state index in [0.29, 0.717) is 15.8 Å². The molecule has 2 aromatic rings. The number of alkyl carbamates (subject to hydrolysis) is 1. The molecule has 1 saturated heterocycles. The molecule has 0 aliphatic carbocycles. The minimum atomic E-state index is -0.910. The minimum absolute atomic E-state index is 0.170. The second-order valence-electron chi connectivity index (χ2n) is 6.77. The summed E-state index contributed by atoms with van der Waals surface area (Å²) in [5.74, 6) is -1.09. The molecule has 12 nitrogen and oxygen atoms in total. The monoisotopic (exact) mass is 453 g/mol. The average molecular weight is 453 g/mol. The summed E-state index contributed by atoms with van der Waals surface area (Å²) in [6.45, 7) is 4.16. The largest absolute Gasteiger partial charge is 0.463 e. The summed E-state index contributed by atoms with van der Waals surface area (Å²) < 4.78 is 23.6. The number of esters is 2. The maximum absolute atomic E-state index is 12.1. The van der Waals surface area contributed by atoms with Gasteiger partial charge in [-0.2, -0.15) is 0 Å². The Morgan fingerprint density at radius 3 is 2.74 bits per heavy atom. The van der Waals surface area contributed by atoms with Crippen molar-refractivity contribution in [1.82, 2.24) is 24.8 Å². The van der Waals surface area contributed by atoms with E-state index in [-0.39, 0.29) is 19.6 Å². The lowest BCUT2D eigenvalue weighted by Crippen LogP contribution is -2.57. The maximum Gasteiger partial charge on any atom is 0.407 e. The Morgan fingerprint density at radius 1 is 1.29 bits per heavy atom. The van der Waals surface area contributed by atoms with E-state index in [1.807, 2.05) is 0 Å². The molecular weight excluding hydrogens is 430 g/mol. The second kappa shape index (κ2) is 9.83. The van der Waals surface area contributed by atoms with Crippen molar-refractivity contribution >= 4 is 41.4 Å². The number of nitrogens with one attached hydrogen (secondary N) is 2. The molecule has 31 heavy (non-hydrogen) atoms. The van der Waals surface area contributed by atoms with Crippen LogP contribution >= 0.6 is 12.2 Å². The van der Waals surface area contributed by atoms with Gasteiger partial charge < -0.3 is 29.2 Å². The van der Waals surface area contributed by atoms with Crippen molar-refractivity contribution in [2.24, 2.45) is 0 Å². The van der Waals surface area contributed by atoms with Gasteiger partial charge >= 0.3 is 18.0 Å². The Kier molecular flexibility index (Phi) is 7.17. The number of amides is 1. The molecular formula is C18H23N5O7S. The van der Waals surface area contributed by atoms with Crippen molar-refractivity contribution < 1.29 is 33.3 Å². The van der Waals surface area contributed by atoms with Crippen molar-refractivity contribution in [2.75, 3.05) is 13.2 Å². The van der Waals surface area contributed by atoms with E-state index < -0.39 is 42.5 Å². The number of hydrogen-bond acceptors (Lipinski definition) is 10. The normalized spacial score (nSPS) is 23.2. The minimum Gasteiger partial charge on any atom is -0.463 e. The number of H-pyrrole nitrogens is 1. The molecule has 3 heterocycles. The lowest BCUT2D eigenvalue weighted by Gasteiger charge is -2.41. The van der Waals surface area contributed by atoms with Crippen molar-refractivity contribution in [3.63, 3.8) is 0 Å². The Hall–Kier alpha value is -3.06. The van der Waals surface area contributed by atoms with E-state index in [1.54, 1.807) is 11.5 Å². The van der Waals surface area contributed by atoms with Crippen LogP contribution in [0.25, 0.3) is 11.2 Å². The number of carbonyl (C=O) groups is 3. The van der Waals surface area contributed by atoms with Crippen LogP contribution in [0.2, 0.25) is 0 Å². The van der Waals surface area contributed by atoms with Gasteiger partial charge in [0.25, 0.3) is 0 Å². The van der Waals surface area contributed by atoms with Crippen LogP contribution < -0.4 is 5.32 Å². The molecule has 2 aromatic heterocycles. The van der Waals surface area contributed by atoms with E-state index in [1.165, 1.54) is 26.5 Å². The van der Waals surface area contributed by atoms with E-state index in [2.05, 4.69) is 20.3 Å². The first kappa shape index (κ1) is 22.6. The molecule has 0 radical (unpaired) electrons. The van der Waals surface area contributed by atoms with Crippen molar-refractivity contribution in [3.8, 4) is 0 Å². The van der Waals surface area contributed by atoms with Crippen molar-refractivity contribution in [3.05, 3.63) is 17.3 Å². The van der Waals surface area contributed by atoms with E-state index >= 15 is 0 Å². The molecule has 1 fully saturated rings. The number of imidazole rings is 1. The molecule has 0 saturated carbocycles. The number of hydrogen-bond donors (Lipinski definition) is 2. The highest BCUT2D eigenvalue weighted by molar-refractivity contribution is 7.71. The van der Waals surface area contributed by atoms with Gasteiger partial charge in [0.05, 0.1) is 25.3 Å². The van der Waals surface area contributed by atoms with Gasteiger partial charge in [-0.3, -0.25) is 14.2 Å². The van der Waals surface area contributed by atoms with Gasteiger partial charge in [-0.25, -0.2) is 14.8 Å². The third-order valence-electron chi connectivity index (χ3n) is 4.57. The molecule has 2 N–H and O–H groups in total. The van der Waals surface area contributed by atoms with E-state index in [4.69, 9.17) is 31.2 Å². The molecule has 0 bridgehead atoms. The number of ether oxygens (including phenoxy) is 4. The van der Waals surface area contributed by atoms with Crippen LogP contribution in [0.15, 0.2) is 12.7 Å². The summed E-state index contributed by atoms with van der Waals surface area (Å²) >= 11 is 5.20. The third kappa shape index (κ3) is 5.35. The highest BCUT2D eigenvalue weighted by Gasteiger charge is 2.43. The zero-order valence-corrected chi connectivity index (χ0v) is 18.0. The van der Waals surface area contributed by atoms with E-state index in [0.717, 1.165) is 0 Å². The Bertz CT molecular complexity index is 1020. The van der Waals surface area contributed by atoms with Crippen molar-refractivity contribution in [2.45, 2.75) is 51.7 Å². The standard InChI is InChI=1S/C18H23N5O7S/c1-4-27-18(26)22-11-5-13(23-8-21-14-16(23)19-7-20-17(14)31)30-12(6-28-9(2)24)15(11)29-10(3)25/h7-8,11-13,15H,4-6H2,1-3H3,(H,22,26)(H,19,20,31)/t11-,12-,13-,15+/m1/s1. The van der Waals surface area contributed by atoms with Gasteiger partial charge in [0.2, 0.25) is 0 Å². The molecule has 0 spiro atoms. The van der Waals surface area contributed by atoms with Crippen LogP contribution in [0.4, 0.5) is 4.79 Å². The summed E-state index contributed by atoms with van der Waals surface area (Å²) in [5, 5.41) is 2.71. The van der Waals surface area contributed by atoms with Crippen LogP contribution in [0.1, 0.15) is 33.4 Å². The molecule has 0 unspecified atom stereocenters. The Balaban J connectivity index is 1.95. The lowest BCUT2D eigenvalue weighted by atomic mass is 9.97. The number of aromatic nitrogens is 4. The maximum atomic E-state index is 12.1. The Morgan fingerprint density at radius 2 is 2.06 bits per heavy atom. The first-order valence-corrected chi connectivity index (χ1v) is 10.0. The van der Waals surface area contributed by atoms with Gasteiger partial charge in [0.1, 0.15) is 30.1 Å². The highest BCUT2D eigenvalue weighted by atomic mass is 32.1. The Labute approximate surface area is 182 Å². The number of nitrogens with zero attached hydrogens (tertiary/aromatic N) is 3. The van der Waals surface area contributed by atoms with Gasteiger partial charge in [0.15, 0.2) is 10.7 Å². The van der Waals surface area contributed by atoms with Gasteiger partial charge in [-0.15, -0.1) is 0 Å². The summed E-state index contributed by atoms with van der Waals surface area (Å²) in [5.41, 5.74) is 1.05. The fourth-order valence-electron chi connectivity index (χ4n) is 3.36. The van der Waals surface area contributed by atoms with Gasteiger partial charge in [-0.05, 0) is 6.92 Å². The van der Waals surface area contributed by atoms with Gasteiger partial charge in [-0.1, -0.05) is 12.2 Å². The molecule has 13 heteroatoms. The quantitative estimate of drug-likeness (QED) is 0.373.